The average Bonchev–Trinajstić information content (AvgIpc) is 2.29. The lowest BCUT2D eigenvalue weighted by molar-refractivity contribution is 0.0532. The van der Waals surface area contributed by atoms with E-state index in [1.807, 2.05) is 12.1 Å². The van der Waals surface area contributed by atoms with E-state index >= 15 is 0 Å². The van der Waals surface area contributed by atoms with Gasteiger partial charge in [-0.15, -0.1) is 0 Å². The molecule has 1 aliphatic heterocycles. The van der Waals surface area contributed by atoms with Crippen molar-refractivity contribution in [2.24, 2.45) is 0 Å². The van der Waals surface area contributed by atoms with Gasteiger partial charge in [-0.25, -0.2) is 0 Å². The van der Waals surface area contributed by atoms with E-state index in [1.165, 1.54) is 5.69 Å². The molecule has 2 rings (SSSR count). The Morgan fingerprint density at radius 1 is 1.56 bits per heavy atom. The first kappa shape index (κ1) is 11.9. The molecule has 0 spiro atoms. The largest absolute Gasteiger partial charge is 0.392 e. The predicted molar refractivity (Wildman–Crippen MR) is 67.7 cm³/mol. The summed E-state index contributed by atoms with van der Waals surface area (Å²) in [7, 11) is 0. The van der Waals surface area contributed by atoms with E-state index in [0.29, 0.717) is 0 Å². The standard InChI is InChI=1S/C12H16BrNO2/c1-9-7-14(4-5-16-9)11-3-2-10(8-15)12(13)6-11/h2-3,6,9,15H,4-5,7-8H2,1H3. The molecular formula is C12H16BrNO2. The minimum atomic E-state index is 0.0698. The Morgan fingerprint density at radius 3 is 3.00 bits per heavy atom. The summed E-state index contributed by atoms with van der Waals surface area (Å²) in [5.74, 6) is 0. The van der Waals surface area contributed by atoms with Crippen LogP contribution in [-0.4, -0.2) is 30.9 Å². The molecule has 1 saturated heterocycles. The SMILES string of the molecule is CC1CN(c2ccc(CO)c(Br)c2)CCO1. The lowest BCUT2D eigenvalue weighted by Crippen LogP contribution is -2.41. The molecule has 0 aliphatic carbocycles. The highest BCUT2D eigenvalue weighted by atomic mass is 79.9. The summed E-state index contributed by atoms with van der Waals surface area (Å²) in [5.41, 5.74) is 2.10. The summed E-state index contributed by atoms with van der Waals surface area (Å²) in [4.78, 5) is 2.31. The number of halogens is 1. The van der Waals surface area contributed by atoms with Crippen molar-refractivity contribution >= 4 is 21.6 Å². The van der Waals surface area contributed by atoms with E-state index in [1.54, 1.807) is 0 Å². The van der Waals surface area contributed by atoms with Crippen molar-refractivity contribution in [3.05, 3.63) is 28.2 Å². The summed E-state index contributed by atoms with van der Waals surface area (Å²) in [6, 6.07) is 6.07. The van der Waals surface area contributed by atoms with E-state index < -0.39 is 0 Å². The summed E-state index contributed by atoms with van der Waals surface area (Å²) < 4.78 is 6.48. The van der Waals surface area contributed by atoms with E-state index in [2.05, 4.69) is 33.8 Å². The Balaban J connectivity index is 2.17. The average molecular weight is 286 g/mol. The summed E-state index contributed by atoms with van der Waals surface area (Å²) in [6.07, 6.45) is 0.282. The van der Waals surface area contributed by atoms with E-state index in [9.17, 15) is 0 Å². The van der Waals surface area contributed by atoms with Crippen LogP contribution in [0.3, 0.4) is 0 Å². The molecule has 0 aromatic heterocycles. The minimum Gasteiger partial charge on any atom is -0.392 e. The van der Waals surface area contributed by atoms with Crippen LogP contribution in [-0.2, 0) is 11.3 Å². The van der Waals surface area contributed by atoms with Crippen LogP contribution in [0.25, 0.3) is 0 Å². The molecule has 0 radical (unpaired) electrons. The van der Waals surface area contributed by atoms with Crippen molar-refractivity contribution in [1.82, 2.24) is 0 Å². The van der Waals surface area contributed by atoms with Gasteiger partial charge in [-0.3, -0.25) is 0 Å². The molecular weight excluding hydrogens is 270 g/mol. The molecule has 0 amide bonds. The van der Waals surface area contributed by atoms with Crippen LogP contribution in [0.15, 0.2) is 22.7 Å². The molecule has 3 nitrogen and oxygen atoms in total. The van der Waals surface area contributed by atoms with Crippen LogP contribution < -0.4 is 4.90 Å². The van der Waals surface area contributed by atoms with E-state index in [0.717, 1.165) is 29.7 Å². The van der Waals surface area contributed by atoms with Gasteiger partial charge in [0.05, 0.1) is 19.3 Å². The van der Waals surface area contributed by atoms with Gasteiger partial charge < -0.3 is 14.7 Å². The van der Waals surface area contributed by atoms with Gasteiger partial charge in [0.25, 0.3) is 0 Å². The normalized spacial score (nSPS) is 21.2. The summed E-state index contributed by atoms with van der Waals surface area (Å²) >= 11 is 3.47. The second kappa shape index (κ2) is 5.17. The molecule has 88 valence electrons. The molecule has 4 heteroatoms. The van der Waals surface area contributed by atoms with Gasteiger partial charge in [0, 0.05) is 23.2 Å². The Labute approximate surface area is 104 Å². The maximum Gasteiger partial charge on any atom is 0.0722 e. The number of anilines is 1. The zero-order chi connectivity index (χ0) is 11.5. The first-order chi connectivity index (χ1) is 7.70. The van der Waals surface area contributed by atoms with Gasteiger partial charge in [0.1, 0.15) is 0 Å². The van der Waals surface area contributed by atoms with Gasteiger partial charge in [-0.1, -0.05) is 22.0 Å². The zero-order valence-electron chi connectivity index (χ0n) is 9.32. The molecule has 1 unspecified atom stereocenters. The molecule has 1 aliphatic rings. The van der Waals surface area contributed by atoms with Crippen molar-refractivity contribution in [3.63, 3.8) is 0 Å². The van der Waals surface area contributed by atoms with Crippen LogP contribution in [0.5, 0.6) is 0 Å². The minimum absolute atomic E-state index is 0.0698. The third-order valence-corrected chi connectivity index (χ3v) is 3.55. The summed E-state index contributed by atoms with van der Waals surface area (Å²) in [5, 5.41) is 9.10. The number of nitrogens with zero attached hydrogens (tertiary/aromatic N) is 1. The number of aliphatic hydroxyl groups excluding tert-OH is 1. The van der Waals surface area contributed by atoms with Crippen LogP contribution in [0.4, 0.5) is 5.69 Å². The molecule has 1 atom stereocenters. The number of rotatable bonds is 2. The predicted octanol–water partition coefficient (Wildman–Crippen LogP) is 2.17. The Kier molecular flexibility index (Phi) is 3.84. The highest BCUT2D eigenvalue weighted by Crippen LogP contribution is 2.25. The molecule has 16 heavy (non-hydrogen) atoms. The molecule has 1 N–H and O–H groups in total. The maximum absolute atomic E-state index is 9.10. The van der Waals surface area contributed by atoms with Crippen molar-refractivity contribution < 1.29 is 9.84 Å². The monoisotopic (exact) mass is 285 g/mol. The van der Waals surface area contributed by atoms with Crippen molar-refractivity contribution in [2.45, 2.75) is 19.6 Å². The molecule has 0 saturated carbocycles. The fourth-order valence-corrected chi connectivity index (χ4v) is 2.41. The smallest absolute Gasteiger partial charge is 0.0722 e. The third kappa shape index (κ3) is 2.56. The molecule has 0 bridgehead atoms. The van der Waals surface area contributed by atoms with Crippen molar-refractivity contribution in [1.29, 1.82) is 0 Å². The van der Waals surface area contributed by atoms with E-state index in [-0.39, 0.29) is 12.7 Å². The fourth-order valence-electron chi connectivity index (χ4n) is 1.91. The maximum atomic E-state index is 9.10. The highest BCUT2D eigenvalue weighted by molar-refractivity contribution is 9.10. The Bertz CT molecular complexity index is 370. The second-order valence-corrected chi connectivity index (χ2v) is 4.92. The zero-order valence-corrected chi connectivity index (χ0v) is 10.9. The number of morpholine rings is 1. The number of aliphatic hydroxyl groups is 1. The van der Waals surface area contributed by atoms with Crippen LogP contribution in [0, 0.1) is 0 Å². The molecule has 1 heterocycles. The van der Waals surface area contributed by atoms with Crippen LogP contribution in [0.1, 0.15) is 12.5 Å². The topological polar surface area (TPSA) is 32.7 Å². The Morgan fingerprint density at radius 2 is 2.38 bits per heavy atom. The first-order valence-corrected chi connectivity index (χ1v) is 6.26. The number of benzene rings is 1. The van der Waals surface area contributed by atoms with Crippen LogP contribution >= 0.6 is 15.9 Å². The third-order valence-electron chi connectivity index (χ3n) is 2.81. The van der Waals surface area contributed by atoms with E-state index in [4.69, 9.17) is 9.84 Å². The highest BCUT2D eigenvalue weighted by Gasteiger charge is 2.17. The Hall–Kier alpha value is -0.580. The molecule has 1 aromatic carbocycles. The second-order valence-electron chi connectivity index (χ2n) is 4.06. The first-order valence-electron chi connectivity index (χ1n) is 5.46. The lowest BCUT2D eigenvalue weighted by Gasteiger charge is -2.33. The number of hydrogen-bond donors (Lipinski definition) is 1. The van der Waals surface area contributed by atoms with Crippen molar-refractivity contribution in [2.75, 3.05) is 24.6 Å². The van der Waals surface area contributed by atoms with Crippen LogP contribution in [0.2, 0.25) is 0 Å². The number of ether oxygens (including phenoxy) is 1. The van der Waals surface area contributed by atoms with Gasteiger partial charge in [-0.05, 0) is 24.6 Å². The van der Waals surface area contributed by atoms with Gasteiger partial charge in [-0.2, -0.15) is 0 Å². The van der Waals surface area contributed by atoms with Gasteiger partial charge in [0.15, 0.2) is 0 Å². The lowest BCUT2D eigenvalue weighted by atomic mass is 10.2. The van der Waals surface area contributed by atoms with Gasteiger partial charge in [0.2, 0.25) is 0 Å². The number of hydrogen-bond acceptors (Lipinski definition) is 3. The van der Waals surface area contributed by atoms with Gasteiger partial charge >= 0.3 is 0 Å². The van der Waals surface area contributed by atoms with Crippen molar-refractivity contribution in [3.8, 4) is 0 Å². The molecule has 1 fully saturated rings. The molecule has 1 aromatic rings. The fraction of sp³-hybridized carbons (Fsp3) is 0.500. The quantitative estimate of drug-likeness (QED) is 0.904. The summed E-state index contributed by atoms with van der Waals surface area (Å²) in [6.45, 7) is 4.78.